The lowest BCUT2D eigenvalue weighted by molar-refractivity contribution is 0.102. The summed E-state index contributed by atoms with van der Waals surface area (Å²) < 4.78 is 0.883. The van der Waals surface area contributed by atoms with Gasteiger partial charge in [0.25, 0.3) is 5.91 Å². The highest BCUT2D eigenvalue weighted by atomic mass is 79.9. The molecule has 2 rings (SSSR count). The molecule has 1 N–H and O–H groups in total. The summed E-state index contributed by atoms with van der Waals surface area (Å²) in [6.45, 7) is 1.94. The van der Waals surface area contributed by atoms with Crippen LogP contribution in [0.4, 0.5) is 5.13 Å². The molecule has 0 bridgehead atoms. The van der Waals surface area contributed by atoms with Crippen LogP contribution in [-0.2, 0) is 5.88 Å². The van der Waals surface area contributed by atoms with Crippen LogP contribution in [-0.4, -0.2) is 10.9 Å². The van der Waals surface area contributed by atoms with E-state index in [2.05, 4.69) is 26.2 Å². The molecule has 0 aliphatic carbocycles. The van der Waals surface area contributed by atoms with E-state index in [1.165, 1.54) is 11.3 Å². The number of anilines is 1. The summed E-state index contributed by atoms with van der Waals surface area (Å²) in [5.41, 5.74) is 2.39. The molecule has 1 aromatic heterocycles. The zero-order chi connectivity index (χ0) is 13.1. The van der Waals surface area contributed by atoms with Gasteiger partial charge in [0.1, 0.15) is 0 Å². The summed E-state index contributed by atoms with van der Waals surface area (Å²) in [6.07, 6.45) is 0. The highest BCUT2D eigenvalue weighted by Crippen LogP contribution is 2.19. The Morgan fingerprint density at radius 1 is 1.50 bits per heavy atom. The lowest BCUT2D eigenvalue weighted by Crippen LogP contribution is -2.12. The van der Waals surface area contributed by atoms with Gasteiger partial charge in [-0.2, -0.15) is 0 Å². The first-order chi connectivity index (χ1) is 8.58. The number of benzene rings is 1. The van der Waals surface area contributed by atoms with E-state index in [1.807, 2.05) is 24.4 Å². The molecule has 1 heterocycles. The van der Waals surface area contributed by atoms with E-state index < -0.39 is 0 Å². The molecule has 0 atom stereocenters. The topological polar surface area (TPSA) is 42.0 Å². The standard InChI is InChI=1S/C12H10BrClN2OS/c1-7-2-8(4-9(13)3-7)11(17)16-12-15-10(5-14)6-18-12/h2-4,6H,5H2,1H3,(H,15,16,17). The van der Waals surface area contributed by atoms with Gasteiger partial charge >= 0.3 is 0 Å². The van der Waals surface area contributed by atoms with E-state index in [0.717, 1.165) is 15.7 Å². The van der Waals surface area contributed by atoms with Crippen molar-refractivity contribution in [1.82, 2.24) is 4.98 Å². The number of nitrogens with one attached hydrogen (secondary N) is 1. The van der Waals surface area contributed by atoms with Crippen molar-refractivity contribution < 1.29 is 4.79 Å². The van der Waals surface area contributed by atoms with Crippen molar-refractivity contribution in [2.24, 2.45) is 0 Å². The van der Waals surface area contributed by atoms with Crippen molar-refractivity contribution in [2.45, 2.75) is 12.8 Å². The fourth-order valence-electron chi connectivity index (χ4n) is 1.46. The van der Waals surface area contributed by atoms with Crippen LogP contribution in [0, 0.1) is 6.92 Å². The van der Waals surface area contributed by atoms with Crippen LogP contribution in [0.1, 0.15) is 21.6 Å². The van der Waals surface area contributed by atoms with Crippen molar-refractivity contribution in [3.05, 3.63) is 44.9 Å². The number of amides is 1. The molecule has 2 aromatic rings. The molecule has 6 heteroatoms. The fourth-order valence-corrected chi connectivity index (χ4v) is 3.00. The van der Waals surface area contributed by atoms with Crippen molar-refractivity contribution in [1.29, 1.82) is 0 Å². The molecular weight excluding hydrogens is 336 g/mol. The summed E-state index contributed by atoms with van der Waals surface area (Å²) in [6, 6.07) is 5.56. The third-order valence-electron chi connectivity index (χ3n) is 2.21. The Morgan fingerprint density at radius 2 is 2.28 bits per heavy atom. The van der Waals surface area contributed by atoms with Gasteiger partial charge in [-0.15, -0.1) is 22.9 Å². The largest absolute Gasteiger partial charge is 0.298 e. The highest BCUT2D eigenvalue weighted by molar-refractivity contribution is 9.10. The average molecular weight is 346 g/mol. The summed E-state index contributed by atoms with van der Waals surface area (Å²) in [5, 5.41) is 5.15. The van der Waals surface area contributed by atoms with Gasteiger partial charge in [0.05, 0.1) is 11.6 Å². The Kier molecular flexibility index (Phi) is 4.37. The second-order valence-electron chi connectivity index (χ2n) is 3.75. The number of hydrogen-bond acceptors (Lipinski definition) is 3. The Hall–Kier alpha value is -0.910. The predicted octanol–water partition coefficient (Wildman–Crippen LogP) is 4.21. The van der Waals surface area contributed by atoms with Crippen molar-refractivity contribution >= 4 is 49.9 Å². The summed E-state index contributed by atoms with van der Waals surface area (Å²) >= 11 is 10.4. The van der Waals surface area contributed by atoms with Gasteiger partial charge in [-0.25, -0.2) is 4.98 Å². The monoisotopic (exact) mass is 344 g/mol. The van der Waals surface area contributed by atoms with E-state index in [0.29, 0.717) is 16.6 Å². The Bertz CT molecular complexity index is 565. The van der Waals surface area contributed by atoms with E-state index >= 15 is 0 Å². The minimum Gasteiger partial charge on any atom is -0.298 e. The van der Waals surface area contributed by atoms with Gasteiger partial charge in [0, 0.05) is 15.4 Å². The van der Waals surface area contributed by atoms with Gasteiger partial charge in [-0.05, 0) is 30.7 Å². The fraction of sp³-hybridized carbons (Fsp3) is 0.167. The van der Waals surface area contributed by atoms with E-state index in [-0.39, 0.29) is 5.91 Å². The maximum absolute atomic E-state index is 12.0. The first-order valence-electron chi connectivity index (χ1n) is 5.17. The number of aryl methyl sites for hydroxylation is 1. The van der Waals surface area contributed by atoms with Crippen LogP contribution in [0.15, 0.2) is 28.1 Å². The van der Waals surface area contributed by atoms with Crippen LogP contribution >= 0.6 is 38.9 Å². The zero-order valence-corrected chi connectivity index (χ0v) is 12.7. The molecule has 0 aliphatic rings. The van der Waals surface area contributed by atoms with E-state index in [4.69, 9.17) is 11.6 Å². The minimum atomic E-state index is -0.171. The third-order valence-corrected chi connectivity index (χ3v) is 3.75. The molecule has 1 amide bonds. The molecule has 0 aliphatic heterocycles. The Labute approximate surface area is 122 Å². The van der Waals surface area contributed by atoms with Gasteiger partial charge in [-0.3, -0.25) is 10.1 Å². The van der Waals surface area contributed by atoms with Gasteiger partial charge in [0.2, 0.25) is 0 Å². The van der Waals surface area contributed by atoms with Crippen LogP contribution in [0.25, 0.3) is 0 Å². The molecule has 0 saturated heterocycles. The molecule has 1 aromatic carbocycles. The maximum atomic E-state index is 12.0. The lowest BCUT2D eigenvalue weighted by Gasteiger charge is -2.03. The van der Waals surface area contributed by atoms with Crippen LogP contribution in [0.2, 0.25) is 0 Å². The number of nitrogens with zero attached hydrogens (tertiary/aromatic N) is 1. The number of halogens is 2. The molecule has 94 valence electrons. The third kappa shape index (κ3) is 3.31. The number of alkyl halides is 1. The summed E-state index contributed by atoms with van der Waals surface area (Å²) in [4.78, 5) is 16.2. The molecule has 0 fully saturated rings. The van der Waals surface area contributed by atoms with Crippen LogP contribution in [0.5, 0.6) is 0 Å². The first kappa shape index (κ1) is 13.5. The molecule has 18 heavy (non-hydrogen) atoms. The molecule has 3 nitrogen and oxygen atoms in total. The Balaban J connectivity index is 2.16. The van der Waals surface area contributed by atoms with Crippen LogP contribution in [0.3, 0.4) is 0 Å². The Morgan fingerprint density at radius 3 is 2.89 bits per heavy atom. The summed E-state index contributed by atoms with van der Waals surface area (Å²) in [7, 11) is 0. The number of hydrogen-bond donors (Lipinski definition) is 1. The second-order valence-corrected chi connectivity index (χ2v) is 5.79. The number of carbonyl (C=O) groups excluding carboxylic acids is 1. The minimum absolute atomic E-state index is 0.171. The van der Waals surface area contributed by atoms with Crippen LogP contribution < -0.4 is 5.32 Å². The normalized spacial score (nSPS) is 10.4. The molecular formula is C12H10BrClN2OS. The van der Waals surface area contributed by atoms with Gasteiger partial charge in [0.15, 0.2) is 5.13 Å². The predicted molar refractivity (Wildman–Crippen MR) is 78.5 cm³/mol. The zero-order valence-electron chi connectivity index (χ0n) is 9.54. The maximum Gasteiger partial charge on any atom is 0.257 e. The van der Waals surface area contributed by atoms with Crippen molar-refractivity contribution in [3.63, 3.8) is 0 Å². The average Bonchev–Trinajstić information content (AvgIpc) is 2.75. The number of aromatic nitrogens is 1. The second kappa shape index (κ2) is 5.82. The molecule has 0 saturated carbocycles. The molecule has 0 spiro atoms. The highest BCUT2D eigenvalue weighted by Gasteiger charge is 2.10. The van der Waals surface area contributed by atoms with Gasteiger partial charge in [-0.1, -0.05) is 15.9 Å². The van der Waals surface area contributed by atoms with Gasteiger partial charge < -0.3 is 0 Å². The molecule has 0 unspecified atom stereocenters. The quantitative estimate of drug-likeness (QED) is 0.847. The first-order valence-corrected chi connectivity index (χ1v) is 7.38. The van der Waals surface area contributed by atoms with Crippen molar-refractivity contribution in [3.8, 4) is 0 Å². The van der Waals surface area contributed by atoms with Crippen molar-refractivity contribution in [2.75, 3.05) is 5.32 Å². The lowest BCUT2D eigenvalue weighted by atomic mass is 10.1. The number of thiazole rings is 1. The SMILES string of the molecule is Cc1cc(Br)cc(C(=O)Nc2nc(CCl)cs2)c1. The number of rotatable bonds is 3. The molecule has 0 radical (unpaired) electrons. The smallest absolute Gasteiger partial charge is 0.257 e. The summed E-state index contributed by atoms with van der Waals surface area (Å²) in [5.74, 6) is 0.178. The number of carbonyl (C=O) groups is 1. The van der Waals surface area contributed by atoms with E-state index in [1.54, 1.807) is 6.07 Å². The van der Waals surface area contributed by atoms with E-state index in [9.17, 15) is 4.79 Å².